The lowest BCUT2D eigenvalue weighted by atomic mass is 10.2. The highest BCUT2D eigenvalue weighted by Gasteiger charge is 2.13. The summed E-state index contributed by atoms with van der Waals surface area (Å²) in [5, 5.41) is 13.5. The number of nitrogens with zero attached hydrogens (tertiary/aromatic N) is 2. The SMILES string of the molecule is COc1ccc(CNc2ccc([N+](=O)[O-])c(F)c2)cn1. The molecular weight excluding hydrogens is 265 g/mol. The van der Waals surface area contributed by atoms with Gasteiger partial charge in [0.15, 0.2) is 0 Å². The molecule has 1 N–H and O–H groups in total. The molecule has 6 nitrogen and oxygen atoms in total. The molecule has 0 spiro atoms. The van der Waals surface area contributed by atoms with E-state index in [-0.39, 0.29) is 0 Å². The van der Waals surface area contributed by atoms with E-state index in [2.05, 4.69) is 10.3 Å². The Hall–Kier alpha value is -2.70. The zero-order valence-corrected chi connectivity index (χ0v) is 10.7. The summed E-state index contributed by atoms with van der Waals surface area (Å²) in [6, 6.07) is 7.21. The number of methoxy groups -OCH3 is 1. The van der Waals surface area contributed by atoms with Crippen molar-refractivity contribution in [3.63, 3.8) is 0 Å². The van der Waals surface area contributed by atoms with Gasteiger partial charge < -0.3 is 10.1 Å². The van der Waals surface area contributed by atoms with Crippen molar-refractivity contribution < 1.29 is 14.1 Å². The average molecular weight is 277 g/mol. The normalized spacial score (nSPS) is 10.1. The summed E-state index contributed by atoms with van der Waals surface area (Å²) in [5.41, 5.74) is 0.801. The van der Waals surface area contributed by atoms with E-state index in [4.69, 9.17) is 4.74 Å². The fraction of sp³-hybridized carbons (Fsp3) is 0.154. The summed E-state index contributed by atoms with van der Waals surface area (Å²) in [4.78, 5) is 13.8. The van der Waals surface area contributed by atoms with Crippen molar-refractivity contribution in [2.45, 2.75) is 6.54 Å². The molecule has 0 fully saturated rings. The molecule has 0 radical (unpaired) electrons. The smallest absolute Gasteiger partial charge is 0.304 e. The minimum Gasteiger partial charge on any atom is -0.481 e. The first-order chi connectivity index (χ1) is 9.60. The number of anilines is 1. The molecule has 0 aliphatic rings. The Morgan fingerprint density at radius 3 is 2.75 bits per heavy atom. The van der Waals surface area contributed by atoms with Crippen LogP contribution in [0.5, 0.6) is 5.88 Å². The first-order valence-corrected chi connectivity index (χ1v) is 5.77. The van der Waals surface area contributed by atoms with E-state index < -0.39 is 16.4 Å². The van der Waals surface area contributed by atoms with Crippen LogP contribution in [0.15, 0.2) is 36.5 Å². The zero-order chi connectivity index (χ0) is 14.5. The first-order valence-electron chi connectivity index (χ1n) is 5.77. The Kier molecular flexibility index (Phi) is 4.09. The van der Waals surface area contributed by atoms with Gasteiger partial charge >= 0.3 is 5.69 Å². The molecule has 1 heterocycles. The lowest BCUT2D eigenvalue weighted by Crippen LogP contribution is -2.01. The van der Waals surface area contributed by atoms with Crippen molar-refractivity contribution in [3.05, 3.63) is 58.0 Å². The third kappa shape index (κ3) is 3.19. The van der Waals surface area contributed by atoms with E-state index in [1.54, 1.807) is 12.3 Å². The van der Waals surface area contributed by atoms with E-state index in [0.29, 0.717) is 18.1 Å². The summed E-state index contributed by atoms with van der Waals surface area (Å²) in [6.45, 7) is 0.425. The van der Waals surface area contributed by atoms with Gasteiger partial charge in [0.1, 0.15) is 0 Å². The second kappa shape index (κ2) is 5.96. The van der Waals surface area contributed by atoms with Gasteiger partial charge in [0.2, 0.25) is 11.7 Å². The van der Waals surface area contributed by atoms with Crippen molar-refractivity contribution >= 4 is 11.4 Å². The van der Waals surface area contributed by atoms with Gasteiger partial charge in [-0.2, -0.15) is 4.39 Å². The van der Waals surface area contributed by atoms with Crippen LogP contribution in [0.1, 0.15) is 5.56 Å². The molecule has 0 saturated carbocycles. The highest BCUT2D eigenvalue weighted by Crippen LogP contribution is 2.21. The van der Waals surface area contributed by atoms with Gasteiger partial charge in [-0.3, -0.25) is 10.1 Å². The maximum atomic E-state index is 13.4. The molecule has 20 heavy (non-hydrogen) atoms. The molecular formula is C13H12FN3O3. The molecule has 1 aromatic heterocycles. The van der Waals surface area contributed by atoms with Gasteiger partial charge in [-0.05, 0) is 11.6 Å². The molecule has 0 bridgehead atoms. The van der Waals surface area contributed by atoms with E-state index in [9.17, 15) is 14.5 Å². The molecule has 7 heteroatoms. The predicted molar refractivity (Wildman–Crippen MR) is 71.2 cm³/mol. The number of halogens is 1. The van der Waals surface area contributed by atoms with E-state index in [1.165, 1.54) is 13.2 Å². The lowest BCUT2D eigenvalue weighted by Gasteiger charge is -2.07. The number of nitro benzene ring substituents is 1. The quantitative estimate of drug-likeness (QED) is 0.671. The summed E-state index contributed by atoms with van der Waals surface area (Å²) >= 11 is 0. The largest absolute Gasteiger partial charge is 0.481 e. The fourth-order valence-electron chi connectivity index (χ4n) is 1.61. The van der Waals surface area contributed by atoms with E-state index in [0.717, 1.165) is 17.7 Å². The molecule has 0 atom stereocenters. The Balaban J connectivity index is 2.03. The summed E-state index contributed by atoms with van der Waals surface area (Å²) in [6.07, 6.45) is 1.63. The maximum Gasteiger partial charge on any atom is 0.304 e. The van der Waals surface area contributed by atoms with E-state index in [1.807, 2.05) is 6.07 Å². The van der Waals surface area contributed by atoms with Crippen molar-refractivity contribution in [2.75, 3.05) is 12.4 Å². The zero-order valence-electron chi connectivity index (χ0n) is 10.7. The van der Waals surface area contributed by atoms with Crippen LogP contribution in [-0.4, -0.2) is 17.0 Å². The fourth-order valence-corrected chi connectivity index (χ4v) is 1.61. The van der Waals surface area contributed by atoms with Crippen LogP contribution in [0.4, 0.5) is 15.8 Å². The van der Waals surface area contributed by atoms with Crippen molar-refractivity contribution in [1.82, 2.24) is 4.98 Å². The number of ether oxygens (including phenoxy) is 1. The molecule has 2 rings (SSSR count). The summed E-state index contributed by atoms with van der Waals surface area (Å²) in [7, 11) is 1.53. The molecule has 1 aromatic carbocycles. The molecule has 2 aromatic rings. The predicted octanol–water partition coefficient (Wildman–Crippen LogP) is 2.75. The number of benzene rings is 1. The molecule has 0 aliphatic carbocycles. The Bertz CT molecular complexity index is 617. The van der Waals surface area contributed by atoms with Crippen LogP contribution in [0.3, 0.4) is 0 Å². The van der Waals surface area contributed by atoms with Gasteiger partial charge in [0.05, 0.1) is 12.0 Å². The number of nitrogens with one attached hydrogen (secondary N) is 1. The Labute approximate surface area is 114 Å². The van der Waals surface area contributed by atoms with Crippen LogP contribution >= 0.6 is 0 Å². The number of hydrogen-bond donors (Lipinski definition) is 1. The number of rotatable bonds is 5. The molecule has 0 unspecified atom stereocenters. The van der Waals surface area contributed by atoms with Gasteiger partial charge in [-0.1, -0.05) is 6.07 Å². The van der Waals surface area contributed by atoms with E-state index >= 15 is 0 Å². The van der Waals surface area contributed by atoms with Gasteiger partial charge in [-0.25, -0.2) is 4.98 Å². The number of hydrogen-bond acceptors (Lipinski definition) is 5. The third-order valence-corrected chi connectivity index (χ3v) is 2.65. The second-order valence-electron chi connectivity index (χ2n) is 3.99. The average Bonchev–Trinajstić information content (AvgIpc) is 2.45. The standard InChI is InChI=1S/C13H12FN3O3/c1-20-13-5-2-9(8-16-13)7-15-10-3-4-12(17(18)19)11(14)6-10/h2-6,8,15H,7H2,1H3. The van der Waals surface area contributed by atoms with Gasteiger partial charge in [0, 0.05) is 36.6 Å². The van der Waals surface area contributed by atoms with Crippen molar-refractivity contribution in [1.29, 1.82) is 0 Å². The van der Waals surface area contributed by atoms with Crippen LogP contribution in [0.2, 0.25) is 0 Å². The van der Waals surface area contributed by atoms with Crippen LogP contribution in [0, 0.1) is 15.9 Å². The molecule has 0 amide bonds. The number of aromatic nitrogens is 1. The topological polar surface area (TPSA) is 77.3 Å². The maximum absolute atomic E-state index is 13.4. The lowest BCUT2D eigenvalue weighted by molar-refractivity contribution is -0.387. The minimum absolute atomic E-state index is 0.425. The number of pyridine rings is 1. The highest BCUT2D eigenvalue weighted by atomic mass is 19.1. The van der Waals surface area contributed by atoms with Crippen molar-refractivity contribution in [2.24, 2.45) is 0 Å². The van der Waals surface area contributed by atoms with Crippen LogP contribution in [-0.2, 0) is 6.54 Å². The van der Waals surface area contributed by atoms with Crippen LogP contribution < -0.4 is 10.1 Å². The molecule has 0 aliphatic heterocycles. The first kappa shape index (κ1) is 13.7. The summed E-state index contributed by atoms with van der Waals surface area (Å²) in [5.74, 6) is -0.358. The highest BCUT2D eigenvalue weighted by molar-refractivity contribution is 5.49. The van der Waals surface area contributed by atoms with Gasteiger partial charge in [-0.15, -0.1) is 0 Å². The van der Waals surface area contributed by atoms with Crippen molar-refractivity contribution in [3.8, 4) is 5.88 Å². The molecule has 0 saturated heterocycles. The molecule has 104 valence electrons. The van der Waals surface area contributed by atoms with Gasteiger partial charge in [0.25, 0.3) is 0 Å². The minimum atomic E-state index is -0.868. The second-order valence-corrected chi connectivity index (χ2v) is 3.99. The Morgan fingerprint density at radius 2 is 2.20 bits per heavy atom. The number of nitro groups is 1. The monoisotopic (exact) mass is 277 g/mol. The Morgan fingerprint density at radius 1 is 1.40 bits per heavy atom. The third-order valence-electron chi connectivity index (χ3n) is 2.65. The van der Waals surface area contributed by atoms with Crippen LogP contribution in [0.25, 0.3) is 0 Å². The summed E-state index contributed by atoms with van der Waals surface area (Å²) < 4.78 is 18.4.